The van der Waals surface area contributed by atoms with Crippen LogP contribution < -0.4 is 19.5 Å². The maximum Gasteiger partial charge on any atom is 0.205 e. The number of nitrogens with one attached hydrogen (secondary N) is 1. The lowest BCUT2D eigenvalue weighted by atomic mass is 10.0. The molecule has 0 aromatic heterocycles. The molecule has 0 bridgehead atoms. The number of ether oxygens (including phenoxy) is 3. The Balaban J connectivity index is 1.79. The van der Waals surface area contributed by atoms with Crippen molar-refractivity contribution in [1.29, 1.82) is 0 Å². The second-order valence-electron chi connectivity index (χ2n) is 5.99. The van der Waals surface area contributed by atoms with Gasteiger partial charge in [0.1, 0.15) is 0 Å². The van der Waals surface area contributed by atoms with E-state index in [4.69, 9.17) is 25.8 Å². The maximum atomic E-state index is 14.1. The Bertz CT molecular complexity index is 720. The Kier molecular flexibility index (Phi) is 6.00. The summed E-state index contributed by atoms with van der Waals surface area (Å²) >= 11 is 6.07. The molecule has 1 atom stereocenters. The molecule has 0 unspecified atom stereocenters. The van der Waals surface area contributed by atoms with Gasteiger partial charge in [0, 0.05) is 23.6 Å². The van der Waals surface area contributed by atoms with Crippen LogP contribution >= 0.6 is 11.6 Å². The summed E-state index contributed by atoms with van der Waals surface area (Å²) in [6.45, 7) is 2.56. The summed E-state index contributed by atoms with van der Waals surface area (Å²) in [7, 11) is 1.47. The molecule has 1 N–H and O–H groups in total. The second-order valence-corrected chi connectivity index (χ2v) is 6.42. The molecule has 1 heterocycles. The van der Waals surface area contributed by atoms with E-state index in [9.17, 15) is 4.39 Å². The van der Waals surface area contributed by atoms with E-state index in [2.05, 4.69) is 5.32 Å². The first-order chi connectivity index (χ1) is 12.2. The zero-order valence-corrected chi connectivity index (χ0v) is 14.8. The molecule has 2 aromatic rings. The molecular weight excluding hydrogens is 345 g/mol. The highest BCUT2D eigenvalue weighted by Crippen LogP contribution is 2.39. The number of halogens is 2. The summed E-state index contributed by atoms with van der Waals surface area (Å²) in [5, 5.41) is 3.84. The van der Waals surface area contributed by atoms with Crippen LogP contribution in [0.2, 0.25) is 5.02 Å². The van der Waals surface area contributed by atoms with Crippen LogP contribution in [0.3, 0.4) is 0 Å². The van der Waals surface area contributed by atoms with E-state index in [1.807, 2.05) is 0 Å². The van der Waals surface area contributed by atoms with Crippen LogP contribution in [0.5, 0.6) is 23.0 Å². The van der Waals surface area contributed by atoms with Gasteiger partial charge in [0.25, 0.3) is 0 Å². The Morgan fingerprint density at radius 2 is 2.08 bits per heavy atom. The van der Waals surface area contributed by atoms with Gasteiger partial charge in [0.2, 0.25) is 5.75 Å². The Hall–Kier alpha value is -1.98. The van der Waals surface area contributed by atoms with Crippen molar-refractivity contribution in [3.8, 4) is 23.0 Å². The fourth-order valence-electron chi connectivity index (χ4n) is 2.81. The number of rotatable bonds is 6. The molecule has 0 saturated carbocycles. The predicted octanol–water partition coefficient (Wildman–Crippen LogP) is 4.66. The normalized spacial score (nSPS) is 17.2. The van der Waals surface area contributed by atoms with E-state index in [-0.39, 0.29) is 5.75 Å². The summed E-state index contributed by atoms with van der Waals surface area (Å²) in [6.07, 6.45) is 2.27. The molecule has 1 fully saturated rings. The van der Waals surface area contributed by atoms with Gasteiger partial charge in [0.05, 0.1) is 13.7 Å². The standard InChI is InChI=1S/C19H21ClFNO3/c1-23-17-6-2-5-15(21)19(17)25-18-10-14(20)7-8-16(18)24-12-13-4-3-9-22-11-13/h2,5-8,10,13,22H,3-4,9,11-12H2,1H3/t13-/m0/s1. The third-order valence-electron chi connectivity index (χ3n) is 4.14. The number of benzene rings is 2. The first-order valence-electron chi connectivity index (χ1n) is 8.31. The quantitative estimate of drug-likeness (QED) is 0.808. The third kappa shape index (κ3) is 4.55. The van der Waals surface area contributed by atoms with Crippen molar-refractivity contribution in [2.75, 3.05) is 26.8 Å². The first-order valence-corrected chi connectivity index (χ1v) is 8.68. The molecule has 0 radical (unpaired) electrons. The number of methoxy groups -OCH3 is 1. The van der Waals surface area contributed by atoms with Crippen LogP contribution in [-0.2, 0) is 0 Å². The van der Waals surface area contributed by atoms with Crippen LogP contribution in [-0.4, -0.2) is 26.8 Å². The number of hydrogen-bond acceptors (Lipinski definition) is 4. The van der Waals surface area contributed by atoms with E-state index in [1.54, 1.807) is 30.3 Å². The van der Waals surface area contributed by atoms with Gasteiger partial charge in [-0.25, -0.2) is 4.39 Å². The minimum Gasteiger partial charge on any atom is -0.493 e. The van der Waals surface area contributed by atoms with Crippen LogP contribution in [0.15, 0.2) is 36.4 Å². The molecule has 134 valence electrons. The number of hydrogen-bond donors (Lipinski definition) is 1. The van der Waals surface area contributed by atoms with E-state index >= 15 is 0 Å². The lowest BCUT2D eigenvalue weighted by Crippen LogP contribution is -2.33. The van der Waals surface area contributed by atoms with Gasteiger partial charge in [-0.05, 0) is 43.7 Å². The lowest BCUT2D eigenvalue weighted by molar-refractivity contribution is 0.212. The average molecular weight is 366 g/mol. The molecule has 25 heavy (non-hydrogen) atoms. The highest BCUT2D eigenvalue weighted by Gasteiger charge is 2.18. The van der Waals surface area contributed by atoms with Crippen molar-refractivity contribution < 1.29 is 18.6 Å². The van der Waals surface area contributed by atoms with E-state index < -0.39 is 5.82 Å². The molecule has 6 heteroatoms. The van der Waals surface area contributed by atoms with Gasteiger partial charge in [-0.2, -0.15) is 0 Å². The van der Waals surface area contributed by atoms with Crippen molar-refractivity contribution >= 4 is 11.6 Å². The van der Waals surface area contributed by atoms with Gasteiger partial charge >= 0.3 is 0 Å². The van der Waals surface area contributed by atoms with Crippen LogP contribution in [0.4, 0.5) is 4.39 Å². The fourth-order valence-corrected chi connectivity index (χ4v) is 2.98. The summed E-state index contributed by atoms with van der Waals surface area (Å²) in [5.41, 5.74) is 0. The van der Waals surface area contributed by atoms with Gasteiger partial charge in [-0.15, -0.1) is 0 Å². The van der Waals surface area contributed by atoms with E-state index in [1.165, 1.54) is 13.2 Å². The Morgan fingerprint density at radius 1 is 1.20 bits per heavy atom. The summed E-state index contributed by atoms with van der Waals surface area (Å²) < 4.78 is 31.0. The molecule has 3 rings (SSSR count). The summed E-state index contributed by atoms with van der Waals surface area (Å²) in [5.74, 6) is 1.14. The Labute approximate surface area is 151 Å². The van der Waals surface area contributed by atoms with Crippen molar-refractivity contribution in [1.82, 2.24) is 5.32 Å². The molecule has 0 amide bonds. The summed E-state index contributed by atoms with van der Waals surface area (Å²) in [4.78, 5) is 0. The number of para-hydroxylation sites is 1. The van der Waals surface area contributed by atoms with Gasteiger partial charge in [0.15, 0.2) is 23.1 Å². The molecule has 2 aromatic carbocycles. The Morgan fingerprint density at radius 3 is 2.84 bits per heavy atom. The molecule has 1 aliphatic rings. The molecule has 1 aliphatic heterocycles. The van der Waals surface area contributed by atoms with Gasteiger partial charge < -0.3 is 19.5 Å². The largest absolute Gasteiger partial charge is 0.493 e. The third-order valence-corrected chi connectivity index (χ3v) is 4.38. The fraction of sp³-hybridized carbons (Fsp3) is 0.368. The summed E-state index contributed by atoms with van der Waals surface area (Å²) in [6, 6.07) is 9.59. The highest BCUT2D eigenvalue weighted by molar-refractivity contribution is 6.30. The minimum absolute atomic E-state index is 0.0106. The predicted molar refractivity (Wildman–Crippen MR) is 95.6 cm³/mol. The molecule has 0 aliphatic carbocycles. The maximum absolute atomic E-state index is 14.1. The first kappa shape index (κ1) is 17.8. The molecular formula is C19H21ClFNO3. The van der Waals surface area contributed by atoms with Crippen molar-refractivity contribution in [2.24, 2.45) is 5.92 Å². The zero-order chi connectivity index (χ0) is 17.6. The van der Waals surface area contributed by atoms with Crippen LogP contribution in [0.1, 0.15) is 12.8 Å². The van der Waals surface area contributed by atoms with E-state index in [0.717, 1.165) is 25.9 Å². The average Bonchev–Trinajstić information content (AvgIpc) is 2.63. The monoisotopic (exact) mass is 365 g/mol. The number of piperidine rings is 1. The lowest BCUT2D eigenvalue weighted by Gasteiger charge is -2.23. The highest BCUT2D eigenvalue weighted by atomic mass is 35.5. The van der Waals surface area contributed by atoms with Gasteiger partial charge in [-0.3, -0.25) is 0 Å². The van der Waals surface area contributed by atoms with Crippen molar-refractivity contribution in [3.05, 3.63) is 47.2 Å². The van der Waals surface area contributed by atoms with Crippen LogP contribution in [0, 0.1) is 11.7 Å². The molecule has 0 spiro atoms. The van der Waals surface area contributed by atoms with Crippen molar-refractivity contribution in [2.45, 2.75) is 12.8 Å². The van der Waals surface area contributed by atoms with Crippen LogP contribution in [0.25, 0.3) is 0 Å². The minimum atomic E-state index is -0.512. The van der Waals surface area contributed by atoms with Gasteiger partial charge in [-0.1, -0.05) is 17.7 Å². The smallest absolute Gasteiger partial charge is 0.205 e. The SMILES string of the molecule is COc1cccc(F)c1Oc1cc(Cl)ccc1OC[C@H]1CCCNC1. The van der Waals surface area contributed by atoms with E-state index in [0.29, 0.717) is 34.8 Å². The van der Waals surface area contributed by atoms with Crippen molar-refractivity contribution in [3.63, 3.8) is 0 Å². The molecule has 4 nitrogen and oxygen atoms in total. The molecule has 1 saturated heterocycles. The second kappa shape index (κ2) is 8.41. The topological polar surface area (TPSA) is 39.7 Å². The zero-order valence-electron chi connectivity index (χ0n) is 14.1.